The summed E-state index contributed by atoms with van der Waals surface area (Å²) in [5.41, 5.74) is 1.75. The van der Waals surface area contributed by atoms with E-state index in [0.29, 0.717) is 52.3 Å². The molecule has 11 nitrogen and oxygen atoms in total. The van der Waals surface area contributed by atoms with Gasteiger partial charge >= 0.3 is 5.97 Å². The van der Waals surface area contributed by atoms with E-state index in [4.69, 9.17) is 35.8 Å². The number of aliphatic imine (C=N–C) groups is 1. The lowest BCUT2D eigenvalue weighted by Crippen LogP contribution is -2.37. The highest BCUT2D eigenvalue weighted by atomic mass is 35.5. The number of methoxy groups -OCH3 is 1. The number of unbranched alkanes of at least 4 members (excludes halogenated alkanes) is 1. The molecular weight excluding hydrogens is 706 g/mol. The Labute approximate surface area is 322 Å². The molecule has 54 heavy (non-hydrogen) atoms. The number of hydrogen-bond acceptors (Lipinski definition) is 9. The van der Waals surface area contributed by atoms with E-state index in [-0.39, 0.29) is 52.8 Å². The smallest absolute Gasteiger partial charge is 0.343 e. The van der Waals surface area contributed by atoms with E-state index < -0.39 is 11.5 Å². The normalized spacial score (nSPS) is 22.0. The van der Waals surface area contributed by atoms with Crippen molar-refractivity contribution in [3.8, 4) is 11.5 Å². The number of aromatic nitrogens is 2. The predicted octanol–water partition coefficient (Wildman–Crippen LogP) is 8.40. The number of carbonyl (C=O) groups is 2. The number of hydrogen-bond donors (Lipinski definition) is 1. The van der Waals surface area contributed by atoms with Crippen molar-refractivity contribution in [1.29, 1.82) is 0 Å². The molecule has 0 radical (unpaired) electrons. The van der Waals surface area contributed by atoms with Crippen LogP contribution in [0, 0.1) is 23.7 Å². The van der Waals surface area contributed by atoms with E-state index >= 15 is 0 Å². The number of esters is 1. The van der Waals surface area contributed by atoms with Gasteiger partial charge in [-0.25, -0.2) is 19.3 Å². The SMILES string of the molecule is CCCCC(CC)C(=O)Nc1cc(=O)n2c(n1)C(C(=O)OC1C(C)CC(C)CC1C)=C(c1ccc(Cl)cc1)C2=Nc1cc2c(cc1OC)N(CC)CCO2. The number of carbonyl (C=O) groups excluding carboxylic acids is 2. The lowest BCUT2D eigenvalue weighted by Gasteiger charge is -2.37. The summed E-state index contributed by atoms with van der Waals surface area (Å²) in [5.74, 6) is 0.995. The molecule has 12 heteroatoms. The van der Waals surface area contributed by atoms with Gasteiger partial charge in [0.25, 0.3) is 5.56 Å². The van der Waals surface area contributed by atoms with Gasteiger partial charge in [0.1, 0.15) is 41.3 Å². The van der Waals surface area contributed by atoms with Crippen molar-refractivity contribution in [2.24, 2.45) is 28.7 Å². The zero-order valence-electron chi connectivity index (χ0n) is 32.4. The quantitative estimate of drug-likeness (QED) is 0.183. The van der Waals surface area contributed by atoms with Crippen LogP contribution in [0.5, 0.6) is 11.5 Å². The lowest BCUT2D eigenvalue weighted by molar-refractivity contribution is -0.150. The summed E-state index contributed by atoms with van der Waals surface area (Å²) >= 11 is 6.36. The molecule has 2 aliphatic heterocycles. The second kappa shape index (κ2) is 16.8. The second-order valence-electron chi connectivity index (χ2n) is 14.9. The summed E-state index contributed by atoms with van der Waals surface area (Å²) in [6, 6.07) is 11.9. The van der Waals surface area contributed by atoms with Crippen molar-refractivity contribution in [3.05, 3.63) is 69.2 Å². The predicted molar refractivity (Wildman–Crippen MR) is 214 cm³/mol. The number of benzene rings is 2. The third-order valence-electron chi connectivity index (χ3n) is 10.9. The fraction of sp³-hybridized carbons (Fsp3) is 0.500. The zero-order chi connectivity index (χ0) is 38.7. The highest BCUT2D eigenvalue weighted by Crippen LogP contribution is 2.44. The van der Waals surface area contributed by atoms with Crippen molar-refractivity contribution in [2.75, 3.05) is 37.0 Å². The van der Waals surface area contributed by atoms with Crippen LogP contribution >= 0.6 is 11.6 Å². The monoisotopic (exact) mass is 757 g/mol. The Bertz CT molecular complexity index is 1990. The Hall–Kier alpha value is -4.64. The van der Waals surface area contributed by atoms with Crippen molar-refractivity contribution in [3.63, 3.8) is 0 Å². The number of nitrogens with zero attached hydrogens (tertiary/aromatic N) is 4. The molecule has 0 bridgehead atoms. The molecule has 3 unspecified atom stereocenters. The lowest BCUT2D eigenvalue weighted by atomic mass is 9.75. The Morgan fingerprint density at radius 1 is 1.07 bits per heavy atom. The fourth-order valence-electron chi connectivity index (χ4n) is 8.23. The molecule has 1 aromatic heterocycles. The van der Waals surface area contributed by atoms with Gasteiger partial charge in [-0.1, -0.05) is 71.2 Å². The number of fused-ring (bicyclic) bond motifs is 2. The molecule has 1 amide bonds. The topological polar surface area (TPSA) is 124 Å². The summed E-state index contributed by atoms with van der Waals surface area (Å²) in [7, 11) is 1.56. The van der Waals surface area contributed by atoms with Gasteiger partial charge in [-0.15, -0.1) is 0 Å². The van der Waals surface area contributed by atoms with Crippen LogP contribution in [0.25, 0.3) is 11.1 Å². The Morgan fingerprint density at radius 3 is 2.44 bits per heavy atom. The third-order valence-corrected chi connectivity index (χ3v) is 11.2. The minimum absolute atomic E-state index is 0.0305. The maximum absolute atomic E-state index is 14.7. The van der Waals surface area contributed by atoms with Gasteiger partial charge in [0.15, 0.2) is 11.7 Å². The van der Waals surface area contributed by atoms with Crippen LogP contribution in [0.3, 0.4) is 0 Å². The van der Waals surface area contributed by atoms with Crippen LogP contribution in [-0.4, -0.2) is 60.2 Å². The summed E-state index contributed by atoms with van der Waals surface area (Å²) in [4.78, 5) is 54.7. The third kappa shape index (κ3) is 7.92. The second-order valence-corrected chi connectivity index (χ2v) is 15.3. The number of nitrogens with one attached hydrogen (secondary N) is 1. The Balaban J connectivity index is 1.57. The van der Waals surface area contributed by atoms with E-state index in [1.54, 1.807) is 37.4 Å². The Kier molecular flexibility index (Phi) is 12.2. The van der Waals surface area contributed by atoms with Gasteiger partial charge in [-0.05, 0) is 68.1 Å². The zero-order valence-corrected chi connectivity index (χ0v) is 33.2. The van der Waals surface area contributed by atoms with E-state index in [1.807, 2.05) is 13.0 Å². The average Bonchev–Trinajstić information content (AvgIpc) is 3.47. The number of ether oxygens (including phenoxy) is 3. The molecule has 0 spiro atoms. The summed E-state index contributed by atoms with van der Waals surface area (Å²) in [6.45, 7) is 14.6. The van der Waals surface area contributed by atoms with Gasteiger partial charge in [0.05, 0.1) is 19.3 Å². The van der Waals surface area contributed by atoms with Crippen LogP contribution in [0.1, 0.15) is 91.5 Å². The first kappa shape index (κ1) is 39.1. The number of anilines is 2. The number of likely N-dealkylation sites (N-methyl/N-ethyl adjacent to an activating group) is 1. The molecule has 1 N–H and O–H groups in total. The molecule has 1 fully saturated rings. The highest BCUT2D eigenvalue weighted by molar-refractivity contribution is 6.44. The van der Waals surface area contributed by atoms with Crippen molar-refractivity contribution >= 4 is 57.7 Å². The van der Waals surface area contributed by atoms with E-state index in [2.05, 4.69) is 44.8 Å². The highest BCUT2D eigenvalue weighted by Gasteiger charge is 2.41. The first-order chi connectivity index (χ1) is 26.0. The van der Waals surface area contributed by atoms with Crippen LogP contribution in [-0.2, 0) is 14.3 Å². The molecule has 3 heterocycles. The standard InChI is InChI=1S/C42H52ClN5O6/c1-8-11-12-27(9-2)41(50)46-34-23-35(49)48-39(44-30-21-33-31(22-32(30)52-7)47(10-3)17-18-53-33)36(28-13-15-29(43)16-14-28)37(40(48)45-34)42(51)54-38-25(5)19-24(4)20-26(38)6/h13-16,21-27,38H,8-12,17-20H2,1-7H3,(H,46,50). The van der Waals surface area contributed by atoms with Crippen LogP contribution in [0.15, 0.2) is 52.3 Å². The van der Waals surface area contributed by atoms with E-state index in [9.17, 15) is 14.4 Å². The molecule has 3 aliphatic rings. The van der Waals surface area contributed by atoms with E-state index in [0.717, 1.165) is 50.9 Å². The van der Waals surface area contributed by atoms with Gasteiger partial charge in [-0.2, -0.15) is 0 Å². The van der Waals surface area contributed by atoms with Crippen LogP contribution in [0.4, 0.5) is 17.2 Å². The van der Waals surface area contributed by atoms with E-state index in [1.165, 1.54) is 10.6 Å². The first-order valence-corrected chi connectivity index (χ1v) is 19.7. The molecule has 1 aliphatic carbocycles. The summed E-state index contributed by atoms with van der Waals surface area (Å²) in [6.07, 6.45) is 4.73. The number of rotatable bonds is 12. The number of allylic oxidation sites excluding steroid dienone is 1. The molecule has 1 saturated carbocycles. The fourth-order valence-corrected chi connectivity index (χ4v) is 8.36. The average molecular weight is 758 g/mol. The molecule has 3 atom stereocenters. The summed E-state index contributed by atoms with van der Waals surface area (Å²) < 4.78 is 19.7. The number of amides is 1. The molecule has 288 valence electrons. The Morgan fingerprint density at radius 2 is 1.80 bits per heavy atom. The first-order valence-electron chi connectivity index (χ1n) is 19.3. The van der Waals surface area contributed by atoms with Crippen molar-refractivity contribution in [2.45, 2.75) is 86.2 Å². The van der Waals surface area contributed by atoms with Gasteiger partial charge in [0.2, 0.25) is 5.91 Å². The minimum atomic E-state index is -0.624. The molecular formula is C42H52ClN5O6. The van der Waals surface area contributed by atoms with Crippen LogP contribution < -0.4 is 25.2 Å². The summed E-state index contributed by atoms with van der Waals surface area (Å²) in [5, 5.41) is 3.38. The molecule has 6 rings (SSSR count). The maximum Gasteiger partial charge on any atom is 0.343 e. The maximum atomic E-state index is 14.7. The van der Waals surface area contributed by atoms with Gasteiger partial charge < -0.3 is 24.4 Å². The van der Waals surface area contributed by atoms with Gasteiger partial charge in [0, 0.05) is 41.3 Å². The molecule has 2 aromatic carbocycles. The minimum Gasteiger partial charge on any atom is -0.494 e. The molecule has 0 saturated heterocycles. The number of halogens is 1. The van der Waals surface area contributed by atoms with Crippen molar-refractivity contribution in [1.82, 2.24) is 9.55 Å². The van der Waals surface area contributed by atoms with Crippen molar-refractivity contribution < 1.29 is 23.8 Å². The van der Waals surface area contributed by atoms with Crippen LogP contribution in [0.2, 0.25) is 5.02 Å². The van der Waals surface area contributed by atoms with Gasteiger partial charge in [-0.3, -0.25) is 9.59 Å². The largest absolute Gasteiger partial charge is 0.494 e. The molecule has 3 aromatic rings.